The molecule has 1 saturated carbocycles. The van der Waals surface area contributed by atoms with Crippen molar-refractivity contribution in [3.05, 3.63) is 0 Å². The summed E-state index contributed by atoms with van der Waals surface area (Å²) in [4.78, 5) is 10.7. The smallest absolute Gasteiger partial charge is 0.219 e. The topological polar surface area (TPSA) is 69.1 Å². The molecule has 0 saturated heterocycles. The number of rotatable bonds is 2. The Morgan fingerprint density at radius 2 is 2.33 bits per heavy atom. The van der Waals surface area contributed by atoms with Gasteiger partial charge in [0, 0.05) is 12.0 Å². The first-order valence-corrected chi connectivity index (χ1v) is 4.59. The maximum absolute atomic E-state index is 10.7. The molecule has 0 heterocycles. The number of hydrogen-bond acceptors (Lipinski definition) is 2. The molecular weight excluding hydrogens is 152 g/mol. The number of carbonyl (C=O) groups is 1. The van der Waals surface area contributed by atoms with Crippen LogP contribution in [0.25, 0.3) is 0 Å². The normalized spacial score (nSPS) is 36.3. The van der Waals surface area contributed by atoms with Crippen molar-refractivity contribution in [2.75, 3.05) is 0 Å². The molecule has 1 amide bonds. The van der Waals surface area contributed by atoms with E-state index in [4.69, 9.17) is 11.5 Å². The summed E-state index contributed by atoms with van der Waals surface area (Å²) < 4.78 is 0. The van der Waals surface area contributed by atoms with E-state index >= 15 is 0 Å². The van der Waals surface area contributed by atoms with Gasteiger partial charge < -0.3 is 11.5 Å². The molecule has 0 spiro atoms. The monoisotopic (exact) mass is 170 g/mol. The van der Waals surface area contributed by atoms with Crippen molar-refractivity contribution in [3.63, 3.8) is 0 Å². The highest BCUT2D eigenvalue weighted by molar-refractivity contribution is 5.75. The Morgan fingerprint density at radius 3 is 2.83 bits per heavy atom. The molecule has 2 unspecified atom stereocenters. The molecule has 1 aliphatic carbocycles. The minimum Gasteiger partial charge on any atom is -0.370 e. The van der Waals surface area contributed by atoms with Gasteiger partial charge in [0.25, 0.3) is 0 Å². The van der Waals surface area contributed by atoms with Crippen molar-refractivity contribution in [1.29, 1.82) is 0 Å². The van der Waals surface area contributed by atoms with E-state index in [0.717, 1.165) is 19.3 Å². The highest BCUT2D eigenvalue weighted by atomic mass is 16.1. The van der Waals surface area contributed by atoms with Gasteiger partial charge in [-0.25, -0.2) is 0 Å². The lowest BCUT2D eigenvalue weighted by atomic mass is 9.75. The zero-order valence-corrected chi connectivity index (χ0v) is 7.68. The fourth-order valence-corrected chi connectivity index (χ4v) is 2.21. The summed E-state index contributed by atoms with van der Waals surface area (Å²) in [5, 5.41) is 0. The lowest BCUT2D eigenvalue weighted by Crippen LogP contribution is -2.46. The van der Waals surface area contributed by atoms with Crippen molar-refractivity contribution >= 4 is 5.91 Å². The Balaban J connectivity index is 2.51. The lowest BCUT2D eigenvalue weighted by molar-refractivity contribution is -0.119. The molecule has 0 aromatic rings. The fraction of sp³-hybridized carbons (Fsp3) is 0.889. The second kappa shape index (κ2) is 3.44. The van der Waals surface area contributed by atoms with Gasteiger partial charge in [0.05, 0.1) is 0 Å². The Bertz CT molecular complexity index is 181. The Labute approximate surface area is 73.5 Å². The summed E-state index contributed by atoms with van der Waals surface area (Å²) >= 11 is 0. The highest BCUT2D eigenvalue weighted by Crippen LogP contribution is 2.32. The van der Waals surface area contributed by atoms with E-state index < -0.39 is 0 Å². The number of nitrogens with two attached hydrogens (primary N) is 2. The second-order valence-electron chi connectivity index (χ2n) is 4.21. The van der Waals surface area contributed by atoms with Crippen molar-refractivity contribution in [1.82, 2.24) is 0 Å². The quantitative estimate of drug-likeness (QED) is 0.642. The standard InChI is InChI=1S/C9H18N2O/c1-7-3-2-4-9(11,5-7)6-8(10)12/h7H,2-6,11H2,1H3,(H2,10,12). The first-order chi connectivity index (χ1) is 5.52. The molecule has 0 aromatic heterocycles. The Hall–Kier alpha value is -0.570. The van der Waals surface area contributed by atoms with E-state index in [9.17, 15) is 4.79 Å². The van der Waals surface area contributed by atoms with E-state index in [1.165, 1.54) is 6.42 Å². The van der Waals surface area contributed by atoms with Crippen LogP contribution < -0.4 is 11.5 Å². The van der Waals surface area contributed by atoms with Crippen LogP contribution in [0.15, 0.2) is 0 Å². The van der Waals surface area contributed by atoms with Crippen LogP contribution >= 0.6 is 0 Å². The largest absolute Gasteiger partial charge is 0.370 e. The van der Waals surface area contributed by atoms with Gasteiger partial charge >= 0.3 is 0 Å². The van der Waals surface area contributed by atoms with Gasteiger partial charge in [0.15, 0.2) is 0 Å². The molecule has 2 atom stereocenters. The van der Waals surface area contributed by atoms with Crippen molar-refractivity contribution in [2.45, 2.75) is 44.6 Å². The predicted molar refractivity (Wildman–Crippen MR) is 48.4 cm³/mol. The highest BCUT2D eigenvalue weighted by Gasteiger charge is 2.32. The van der Waals surface area contributed by atoms with Gasteiger partial charge in [-0.05, 0) is 18.8 Å². The van der Waals surface area contributed by atoms with Crippen LogP contribution in [0.3, 0.4) is 0 Å². The fourth-order valence-electron chi connectivity index (χ4n) is 2.21. The van der Waals surface area contributed by atoms with E-state index in [-0.39, 0.29) is 11.4 Å². The van der Waals surface area contributed by atoms with Gasteiger partial charge in [-0.15, -0.1) is 0 Å². The lowest BCUT2D eigenvalue weighted by Gasteiger charge is -2.35. The second-order valence-corrected chi connectivity index (χ2v) is 4.21. The first-order valence-electron chi connectivity index (χ1n) is 4.59. The summed E-state index contributed by atoms with van der Waals surface area (Å²) in [6, 6.07) is 0. The molecule has 1 fully saturated rings. The summed E-state index contributed by atoms with van der Waals surface area (Å²) in [5.74, 6) is 0.370. The van der Waals surface area contributed by atoms with Gasteiger partial charge in [-0.2, -0.15) is 0 Å². The molecule has 0 aromatic carbocycles. The van der Waals surface area contributed by atoms with Crippen LogP contribution in [0, 0.1) is 5.92 Å². The summed E-state index contributed by atoms with van der Waals surface area (Å²) in [5.41, 5.74) is 10.9. The van der Waals surface area contributed by atoms with Crippen LogP contribution in [0.5, 0.6) is 0 Å². The van der Waals surface area contributed by atoms with Gasteiger partial charge in [-0.1, -0.05) is 19.8 Å². The molecule has 3 nitrogen and oxygen atoms in total. The number of primary amides is 1. The third-order valence-electron chi connectivity index (χ3n) is 2.65. The molecule has 12 heavy (non-hydrogen) atoms. The first kappa shape index (κ1) is 9.52. The SMILES string of the molecule is CC1CCCC(N)(CC(N)=O)C1. The van der Waals surface area contributed by atoms with Gasteiger partial charge in [0.1, 0.15) is 0 Å². The maximum atomic E-state index is 10.7. The molecule has 1 rings (SSSR count). The van der Waals surface area contributed by atoms with Crippen LogP contribution in [-0.2, 0) is 4.79 Å². The minimum atomic E-state index is -0.302. The molecule has 1 aliphatic rings. The zero-order valence-electron chi connectivity index (χ0n) is 7.68. The van der Waals surface area contributed by atoms with Crippen LogP contribution in [0.2, 0.25) is 0 Å². The number of amides is 1. The third kappa shape index (κ3) is 2.48. The third-order valence-corrected chi connectivity index (χ3v) is 2.65. The van der Waals surface area contributed by atoms with E-state index in [1.54, 1.807) is 0 Å². The van der Waals surface area contributed by atoms with Crippen LogP contribution in [0.4, 0.5) is 0 Å². The Kier molecular flexibility index (Phi) is 2.73. The summed E-state index contributed by atoms with van der Waals surface area (Å²) in [6.07, 6.45) is 4.59. The molecular formula is C9H18N2O. The molecule has 4 N–H and O–H groups in total. The van der Waals surface area contributed by atoms with Crippen molar-refractivity contribution in [2.24, 2.45) is 17.4 Å². The van der Waals surface area contributed by atoms with Crippen LogP contribution in [-0.4, -0.2) is 11.4 Å². The molecule has 0 radical (unpaired) electrons. The molecule has 0 aliphatic heterocycles. The number of carbonyl (C=O) groups excluding carboxylic acids is 1. The van der Waals surface area contributed by atoms with Gasteiger partial charge in [-0.3, -0.25) is 4.79 Å². The minimum absolute atomic E-state index is 0.272. The maximum Gasteiger partial charge on any atom is 0.219 e. The molecule has 70 valence electrons. The van der Waals surface area contributed by atoms with Crippen molar-refractivity contribution in [3.8, 4) is 0 Å². The number of hydrogen-bond donors (Lipinski definition) is 2. The molecule has 3 heteroatoms. The van der Waals surface area contributed by atoms with Crippen LogP contribution in [0.1, 0.15) is 39.0 Å². The Morgan fingerprint density at radius 1 is 1.67 bits per heavy atom. The summed E-state index contributed by atoms with van der Waals surface area (Å²) in [6.45, 7) is 2.18. The van der Waals surface area contributed by atoms with E-state index in [2.05, 4.69) is 6.92 Å². The average molecular weight is 170 g/mol. The van der Waals surface area contributed by atoms with Gasteiger partial charge in [0.2, 0.25) is 5.91 Å². The molecule has 0 bridgehead atoms. The van der Waals surface area contributed by atoms with Crippen molar-refractivity contribution < 1.29 is 4.79 Å². The van der Waals surface area contributed by atoms with E-state index in [1.807, 2.05) is 0 Å². The summed E-state index contributed by atoms with van der Waals surface area (Å²) in [7, 11) is 0. The zero-order chi connectivity index (χ0) is 9.19. The predicted octanol–water partition coefficient (Wildman–Crippen LogP) is 0.769. The van der Waals surface area contributed by atoms with E-state index in [0.29, 0.717) is 12.3 Å². The average Bonchev–Trinajstić information content (AvgIpc) is 1.82.